The van der Waals surface area contributed by atoms with Gasteiger partial charge in [-0.25, -0.2) is 9.59 Å². The maximum absolute atomic E-state index is 12.3. The maximum atomic E-state index is 12.3. The average Bonchev–Trinajstić information content (AvgIpc) is 2.95. The number of hydrogen-bond acceptors (Lipinski definition) is 7. The number of aliphatic hydroxyl groups is 2. The highest BCUT2D eigenvalue weighted by atomic mass is 16.7. The molecule has 1 saturated heterocycles. The molecule has 2 aromatic carbocycles. The van der Waals surface area contributed by atoms with Crippen molar-refractivity contribution in [2.45, 2.75) is 38.4 Å². The lowest BCUT2D eigenvalue weighted by Crippen LogP contribution is -2.39. The van der Waals surface area contributed by atoms with Crippen LogP contribution < -0.4 is 0 Å². The molecule has 0 aromatic heterocycles. The van der Waals surface area contributed by atoms with Gasteiger partial charge in [-0.2, -0.15) is 0 Å². The van der Waals surface area contributed by atoms with Crippen molar-refractivity contribution in [3.63, 3.8) is 0 Å². The second kappa shape index (κ2) is 8.52. The molecule has 1 aliphatic rings. The summed E-state index contributed by atoms with van der Waals surface area (Å²) in [6, 6.07) is 13.5. The van der Waals surface area contributed by atoms with Crippen LogP contribution in [0, 0.1) is 13.8 Å². The van der Waals surface area contributed by atoms with E-state index in [9.17, 15) is 19.8 Å². The van der Waals surface area contributed by atoms with Crippen LogP contribution in [0.3, 0.4) is 0 Å². The van der Waals surface area contributed by atoms with Gasteiger partial charge in [-0.15, -0.1) is 0 Å². The number of ether oxygens (including phenoxy) is 3. The van der Waals surface area contributed by atoms with Crippen molar-refractivity contribution in [3.8, 4) is 0 Å². The highest BCUT2D eigenvalue weighted by Crippen LogP contribution is 2.24. The molecule has 2 N–H and O–H groups in total. The highest BCUT2D eigenvalue weighted by Gasteiger charge is 2.46. The Bertz CT molecular complexity index is 829. The van der Waals surface area contributed by atoms with Crippen LogP contribution in [0.4, 0.5) is 0 Å². The number of carbonyl (C=O) groups is 2. The first-order chi connectivity index (χ1) is 13.3. The fraction of sp³-hybridized carbons (Fsp3) is 0.333. The van der Waals surface area contributed by atoms with E-state index in [1.54, 1.807) is 48.5 Å². The van der Waals surface area contributed by atoms with Gasteiger partial charge in [0.2, 0.25) is 0 Å². The quantitative estimate of drug-likeness (QED) is 0.755. The van der Waals surface area contributed by atoms with Crippen molar-refractivity contribution in [1.29, 1.82) is 0 Å². The number of aliphatic hydroxyl groups excluding tert-OH is 2. The molecule has 3 rings (SSSR count). The van der Waals surface area contributed by atoms with E-state index in [1.165, 1.54) is 0 Å². The topological polar surface area (TPSA) is 102 Å². The van der Waals surface area contributed by atoms with Crippen molar-refractivity contribution in [2.75, 3.05) is 6.61 Å². The van der Waals surface area contributed by atoms with E-state index in [4.69, 9.17) is 14.2 Å². The molecular formula is C21H22O7. The predicted molar refractivity (Wildman–Crippen MR) is 98.7 cm³/mol. The van der Waals surface area contributed by atoms with Crippen LogP contribution in [0.2, 0.25) is 0 Å². The Hall–Kier alpha value is -2.74. The SMILES string of the molecule is Cc1ccc(C(=O)OC[C@H]2O[C@@H](O)[C@@H](O)[C@H]2OC(=O)c2ccc(C)cc2)cc1. The lowest BCUT2D eigenvalue weighted by Gasteiger charge is -2.20. The number of benzene rings is 2. The number of carbonyl (C=O) groups excluding carboxylic acids is 2. The smallest absolute Gasteiger partial charge is 0.338 e. The van der Waals surface area contributed by atoms with Crippen molar-refractivity contribution in [2.24, 2.45) is 0 Å². The van der Waals surface area contributed by atoms with E-state index in [1.807, 2.05) is 13.8 Å². The molecule has 7 heteroatoms. The van der Waals surface area contributed by atoms with E-state index < -0.39 is 36.5 Å². The van der Waals surface area contributed by atoms with E-state index in [0.29, 0.717) is 11.1 Å². The highest BCUT2D eigenvalue weighted by molar-refractivity contribution is 5.90. The molecule has 148 valence electrons. The van der Waals surface area contributed by atoms with Crippen LogP contribution in [0.25, 0.3) is 0 Å². The first kappa shape index (κ1) is 20.0. The summed E-state index contributed by atoms with van der Waals surface area (Å²) in [5.74, 6) is -1.25. The van der Waals surface area contributed by atoms with Crippen molar-refractivity contribution in [3.05, 3.63) is 70.8 Å². The van der Waals surface area contributed by atoms with Crippen LogP contribution in [0.15, 0.2) is 48.5 Å². The fourth-order valence-corrected chi connectivity index (χ4v) is 2.81. The maximum Gasteiger partial charge on any atom is 0.338 e. The summed E-state index contributed by atoms with van der Waals surface area (Å²) >= 11 is 0. The zero-order chi connectivity index (χ0) is 20.3. The van der Waals surface area contributed by atoms with Gasteiger partial charge in [0, 0.05) is 0 Å². The number of rotatable bonds is 5. The molecule has 0 bridgehead atoms. The Labute approximate surface area is 162 Å². The molecule has 0 saturated carbocycles. The number of esters is 2. The molecular weight excluding hydrogens is 364 g/mol. The molecule has 0 aliphatic carbocycles. The lowest BCUT2D eigenvalue weighted by atomic mass is 10.1. The van der Waals surface area contributed by atoms with Crippen molar-refractivity contribution in [1.82, 2.24) is 0 Å². The zero-order valence-corrected chi connectivity index (χ0v) is 15.6. The molecule has 1 aliphatic heterocycles. The monoisotopic (exact) mass is 386 g/mol. The Morgan fingerprint density at radius 2 is 1.39 bits per heavy atom. The van der Waals surface area contributed by atoms with Gasteiger partial charge < -0.3 is 24.4 Å². The molecule has 7 nitrogen and oxygen atoms in total. The average molecular weight is 386 g/mol. The molecule has 28 heavy (non-hydrogen) atoms. The summed E-state index contributed by atoms with van der Waals surface area (Å²) in [5, 5.41) is 19.9. The van der Waals surface area contributed by atoms with Gasteiger partial charge in [-0.1, -0.05) is 35.4 Å². The van der Waals surface area contributed by atoms with E-state index in [0.717, 1.165) is 11.1 Å². The first-order valence-corrected chi connectivity index (χ1v) is 8.88. The summed E-state index contributed by atoms with van der Waals surface area (Å²) in [6.45, 7) is 3.50. The van der Waals surface area contributed by atoms with Crippen LogP contribution in [-0.2, 0) is 14.2 Å². The molecule has 1 fully saturated rings. The summed E-state index contributed by atoms with van der Waals surface area (Å²) < 4.78 is 15.7. The molecule has 2 aromatic rings. The van der Waals surface area contributed by atoms with Crippen LogP contribution in [-0.4, -0.2) is 53.4 Å². The second-order valence-electron chi connectivity index (χ2n) is 6.76. The Morgan fingerprint density at radius 1 is 0.893 bits per heavy atom. The van der Waals surface area contributed by atoms with E-state index in [2.05, 4.69) is 0 Å². The summed E-state index contributed by atoms with van der Waals surface area (Å²) in [5.41, 5.74) is 2.65. The minimum absolute atomic E-state index is 0.285. The summed E-state index contributed by atoms with van der Waals surface area (Å²) in [6.07, 6.45) is -5.15. The van der Waals surface area contributed by atoms with Gasteiger partial charge in [0.05, 0.1) is 11.1 Å². The van der Waals surface area contributed by atoms with E-state index in [-0.39, 0.29) is 6.61 Å². The lowest BCUT2D eigenvalue weighted by molar-refractivity contribution is -0.133. The third-order valence-electron chi connectivity index (χ3n) is 4.51. The normalized spacial score (nSPS) is 24.0. The zero-order valence-electron chi connectivity index (χ0n) is 15.6. The standard InChI is InChI=1S/C21H22O7/c1-12-3-7-14(8-4-12)19(23)26-11-16-18(17(22)21(25)27-16)28-20(24)15-9-5-13(2)6-10-15/h3-10,16-18,21-22,25H,11H2,1-2H3/t16-,17+,18+,21-/m1/s1. The number of hydrogen-bond donors (Lipinski definition) is 2. The molecule has 0 unspecified atom stereocenters. The van der Waals surface area contributed by atoms with Gasteiger partial charge in [-0.05, 0) is 38.1 Å². The molecule has 0 amide bonds. The van der Waals surface area contributed by atoms with Crippen molar-refractivity contribution < 1.29 is 34.0 Å². The van der Waals surface area contributed by atoms with Gasteiger partial charge in [0.25, 0.3) is 0 Å². The van der Waals surface area contributed by atoms with Gasteiger partial charge in [0.15, 0.2) is 12.4 Å². The van der Waals surface area contributed by atoms with Gasteiger partial charge >= 0.3 is 11.9 Å². The Kier molecular flexibility index (Phi) is 6.08. The molecule has 1 heterocycles. The Balaban J connectivity index is 1.63. The largest absolute Gasteiger partial charge is 0.459 e. The van der Waals surface area contributed by atoms with Crippen LogP contribution in [0.1, 0.15) is 31.8 Å². The second-order valence-corrected chi connectivity index (χ2v) is 6.76. The van der Waals surface area contributed by atoms with Gasteiger partial charge in [-0.3, -0.25) is 0 Å². The summed E-state index contributed by atoms with van der Waals surface area (Å²) in [7, 11) is 0. The first-order valence-electron chi connectivity index (χ1n) is 8.88. The fourth-order valence-electron chi connectivity index (χ4n) is 2.81. The van der Waals surface area contributed by atoms with Gasteiger partial charge in [0.1, 0.15) is 18.8 Å². The number of aryl methyl sites for hydroxylation is 2. The summed E-state index contributed by atoms with van der Waals surface area (Å²) in [4.78, 5) is 24.5. The molecule has 0 radical (unpaired) electrons. The third-order valence-corrected chi connectivity index (χ3v) is 4.51. The minimum Gasteiger partial charge on any atom is -0.459 e. The molecule has 4 atom stereocenters. The van der Waals surface area contributed by atoms with Crippen LogP contribution in [0.5, 0.6) is 0 Å². The predicted octanol–water partition coefficient (Wildman–Crippen LogP) is 1.76. The van der Waals surface area contributed by atoms with E-state index >= 15 is 0 Å². The minimum atomic E-state index is -1.54. The van der Waals surface area contributed by atoms with Crippen LogP contribution >= 0.6 is 0 Å². The Morgan fingerprint density at radius 3 is 1.93 bits per heavy atom. The third kappa shape index (κ3) is 4.56. The molecule has 0 spiro atoms. The van der Waals surface area contributed by atoms with Crippen molar-refractivity contribution >= 4 is 11.9 Å².